The Morgan fingerprint density at radius 3 is 2.83 bits per heavy atom. The normalized spacial score (nSPS) is 10.8. The zero-order chi connectivity index (χ0) is 20.2. The molecule has 4 aromatic rings. The number of aromatic nitrogens is 3. The molecule has 6 nitrogen and oxygen atoms in total. The molecule has 29 heavy (non-hydrogen) atoms. The SMILES string of the molecule is CCn1cc(-c2csc(NC(=O)c3cc(COc4ccc(F)cc4)cs3)n2)cn1. The Kier molecular flexibility index (Phi) is 5.68. The summed E-state index contributed by atoms with van der Waals surface area (Å²) < 4.78 is 20.4. The van der Waals surface area contributed by atoms with Gasteiger partial charge in [-0.2, -0.15) is 5.10 Å². The van der Waals surface area contributed by atoms with Gasteiger partial charge in [0, 0.05) is 29.2 Å². The van der Waals surface area contributed by atoms with Gasteiger partial charge in [-0.3, -0.25) is 14.8 Å². The molecule has 0 bridgehead atoms. The van der Waals surface area contributed by atoms with E-state index in [0.29, 0.717) is 22.4 Å². The third-order valence-corrected chi connectivity index (χ3v) is 5.81. The van der Waals surface area contributed by atoms with Crippen molar-refractivity contribution in [1.82, 2.24) is 14.8 Å². The molecular formula is C20H17FN4O2S2. The molecule has 0 saturated carbocycles. The van der Waals surface area contributed by atoms with Crippen molar-refractivity contribution in [3.8, 4) is 17.0 Å². The Hall–Kier alpha value is -3.04. The Labute approximate surface area is 174 Å². The predicted octanol–water partition coefficient (Wildman–Crippen LogP) is 5.06. The van der Waals surface area contributed by atoms with Gasteiger partial charge in [0.05, 0.1) is 16.8 Å². The molecule has 0 radical (unpaired) electrons. The monoisotopic (exact) mass is 428 g/mol. The minimum absolute atomic E-state index is 0.215. The quantitative estimate of drug-likeness (QED) is 0.447. The van der Waals surface area contributed by atoms with Gasteiger partial charge < -0.3 is 4.74 Å². The molecule has 3 heterocycles. The maximum Gasteiger partial charge on any atom is 0.267 e. The van der Waals surface area contributed by atoms with Crippen molar-refractivity contribution in [3.05, 3.63) is 69.7 Å². The number of ether oxygens (including phenoxy) is 1. The third-order valence-electron chi connectivity index (χ3n) is 4.07. The van der Waals surface area contributed by atoms with E-state index in [1.54, 1.807) is 24.4 Å². The van der Waals surface area contributed by atoms with Gasteiger partial charge in [0.25, 0.3) is 5.91 Å². The molecule has 148 valence electrons. The zero-order valence-corrected chi connectivity index (χ0v) is 17.1. The van der Waals surface area contributed by atoms with E-state index < -0.39 is 0 Å². The average Bonchev–Trinajstić information content (AvgIpc) is 3.47. The highest BCUT2D eigenvalue weighted by atomic mass is 32.1. The number of nitrogens with one attached hydrogen (secondary N) is 1. The second-order valence-electron chi connectivity index (χ2n) is 6.14. The van der Waals surface area contributed by atoms with E-state index >= 15 is 0 Å². The van der Waals surface area contributed by atoms with Crippen LogP contribution in [0.25, 0.3) is 11.3 Å². The van der Waals surface area contributed by atoms with Crippen molar-refractivity contribution in [1.29, 1.82) is 0 Å². The molecule has 0 aliphatic rings. The number of hydrogen-bond acceptors (Lipinski definition) is 6. The molecule has 1 N–H and O–H groups in total. The summed E-state index contributed by atoms with van der Waals surface area (Å²) in [6.07, 6.45) is 3.68. The number of halogens is 1. The molecule has 0 aliphatic carbocycles. The molecule has 1 aromatic carbocycles. The lowest BCUT2D eigenvalue weighted by atomic mass is 10.3. The van der Waals surface area contributed by atoms with Crippen LogP contribution in [0, 0.1) is 5.82 Å². The number of carbonyl (C=O) groups is 1. The lowest BCUT2D eigenvalue weighted by Crippen LogP contribution is -2.09. The van der Waals surface area contributed by atoms with E-state index in [0.717, 1.165) is 23.4 Å². The first-order chi connectivity index (χ1) is 14.1. The van der Waals surface area contributed by atoms with Crippen molar-refractivity contribution in [2.24, 2.45) is 0 Å². The Balaban J connectivity index is 1.36. The fraction of sp³-hybridized carbons (Fsp3) is 0.150. The van der Waals surface area contributed by atoms with Crippen LogP contribution in [-0.4, -0.2) is 20.7 Å². The molecule has 0 atom stereocenters. The summed E-state index contributed by atoms with van der Waals surface area (Å²) in [6, 6.07) is 7.61. The van der Waals surface area contributed by atoms with Gasteiger partial charge in [-0.1, -0.05) is 0 Å². The number of thiophene rings is 1. The number of aryl methyl sites for hydroxylation is 1. The lowest BCUT2D eigenvalue weighted by molar-refractivity contribution is 0.103. The van der Waals surface area contributed by atoms with Crippen molar-refractivity contribution in [2.75, 3.05) is 5.32 Å². The van der Waals surface area contributed by atoms with Crippen LogP contribution in [0.4, 0.5) is 9.52 Å². The van der Waals surface area contributed by atoms with Crippen LogP contribution in [-0.2, 0) is 13.2 Å². The van der Waals surface area contributed by atoms with Crippen LogP contribution in [0.3, 0.4) is 0 Å². The molecule has 0 fully saturated rings. The van der Waals surface area contributed by atoms with Crippen LogP contribution in [0.5, 0.6) is 5.75 Å². The molecule has 3 aromatic heterocycles. The Morgan fingerprint density at radius 1 is 1.24 bits per heavy atom. The molecule has 0 unspecified atom stereocenters. The lowest BCUT2D eigenvalue weighted by Gasteiger charge is -2.04. The highest BCUT2D eigenvalue weighted by Crippen LogP contribution is 2.26. The number of nitrogens with zero attached hydrogens (tertiary/aromatic N) is 3. The zero-order valence-electron chi connectivity index (χ0n) is 15.5. The molecule has 0 aliphatic heterocycles. The molecule has 4 rings (SSSR count). The highest BCUT2D eigenvalue weighted by Gasteiger charge is 2.13. The number of benzene rings is 1. The third kappa shape index (κ3) is 4.69. The second-order valence-corrected chi connectivity index (χ2v) is 7.91. The summed E-state index contributed by atoms with van der Waals surface area (Å²) in [6.45, 7) is 3.11. The molecule has 1 amide bonds. The fourth-order valence-corrected chi connectivity index (χ4v) is 4.07. The maximum atomic E-state index is 12.9. The summed E-state index contributed by atoms with van der Waals surface area (Å²) in [5, 5.41) is 11.4. The minimum Gasteiger partial charge on any atom is -0.489 e. The van der Waals surface area contributed by atoms with Crippen LogP contribution in [0.15, 0.2) is 53.5 Å². The number of rotatable bonds is 7. The molecule has 0 saturated heterocycles. The fourth-order valence-electron chi connectivity index (χ4n) is 2.56. The van der Waals surface area contributed by atoms with Gasteiger partial charge in [0.1, 0.15) is 18.2 Å². The number of amides is 1. The van der Waals surface area contributed by atoms with E-state index in [4.69, 9.17) is 4.74 Å². The summed E-state index contributed by atoms with van der Waals surface area (Å²) in [5.41, 5.74) is 2.57. The van der Waals surface area contributed by atoms with E-state index in [9.17, 15) is 9.18 Å². The van der Waals surface area contributed by atoms with Gasteiger partial charge in [-0.05, 0) is 42.6 Å². The van der Waals surface area contributed by atoms with Crippen LogP contribution in [0.2, 0.25) is 0 Å². The van der Waals surface area contributed by atoms with E-state index in [1.165, 1.54) is 34.8 Å². The largest absolute Gasteiger partial charge is 0.489 e. The number of thiazole rings is 1. The average molecular weight is 429 g/mol. The van der Waals surface area contributed by atoms with Gasteiger partial charge in [-0.25, -0.2) is 9.37 Å². The summed E-state index contributed by atoms with van der Waals surface area (Å²) in [4.78, 5) is 17.5. The van der Waals surface area contributed by atoms with E-state index in [1.807, 2.05) is 28.6 Å². The number of anilines is 1. The summed E-state index contributed by atoms with van der Waals surface area (Å²) >= 11 is 2.70. The second kappa shape index (κ2) is 8.54. The van der Waals surface area contributed by atoms with Crippen molar-refractivity contribution in [3.63, 3.8) is 0 Å². The molecule has 9 heteroatoms. The first-order valence-corrected chi connectivity index (χ1v) is 10.6. The Morgan fingerprint density at radius 2 is 2.07 bits per heavy atom. The van der Waals surface area contributed by atoms with Crippen LogP contribution >= 0.6 is 22.7 Å². The van der Waals surface area contributed by atoms with E-state index in [2.05, 4.69) is 15.4 Å². The van der Waals surface area contributed by atoms with Gasteiger partial charge >= 0.3 is 0 Å². The molecule has 0 spiro atoms. The van der Waals surface area contributed by atoms with Crippen molar-refractivity contribution < 1.29 is 13.9 Å². The first-order valence-electron chi connectivity index (χ1n) is 8.86. The standard InChI is InChI=1S/C20H17FN4O2S2/c1-2-25-9-14(8-22-25)17-12-29-20(23-17)24-19(26)18-7-13(11-28-18)10-27-16-5-3-15(21)4-6-16/h3-9,11-12H,2,10H2,1H3,(H,23,24,26). The van der Waals surface area contributed by atoms with Gasteiger partial charge in [0.15, 0.2) is 5.13 Å². The van der Waals surface area contributed by atoms with Gasteiger partial charge in [-0.15, -0.1) is 22.7 Å². The minimum atomic E-state index is -0.309. The van der Waals surface area contributed by atoms with Crippen molar-refractivity contribution in [2.45, 2.75) is 20.1 Å². The Bertz CT molecular complexity index is 1120. The number of hydrogen-bond donors (Lipinski definition) is 1. The van der Waals surface area contributed by atoms with Crippen molar-refractivity contribution >= 4 is 33.7 Å². The van der Waals surface area contributed by atoms with Crippen LogP contribution in [0.1, 0.15) is 22.2 Å². The molecular weight excluding hydrogens is 411 g/mol. The van der Waals surface area contributed by atoms with Gasteiger partial charge in [0.2, 0.25) is 0 Å². The summed E-state index contributed by atoms with van der Waals surface area (Å²) in [7, 11) is 0. The smallest absolute Gasteiger partial charge is 0.267 e. The topological polar surface area (TPSA) is 69.0 Å². The maximum absolute atomic E-state index is 12.9. The van der Waals surface area contributed by atoms with E-state index in [-0.39, 0.29) is 11.7 Å². The highest BCUT2D eigenvalue weighted by molar-refractivity contribution is 7.14. The first kappa shape index (κ1) is 19.3. The van der Waals surface area contributed by atoms with Crippen LogP contribution < -0.4 is 10.1 Å². The number of carbonyl (C=O) groups excluding carboxylic acids is 1. The predicted molar refractivity (Wildman–Crippen MR) is 112 cm³/mol. The summed E-state index contributed by atoms with van der Waals surface area (Å²) in [5.74, 6) is 0.0508.